The summed E-state index contributed by atoms with van der Waals surface area (Å²) in [7, 11) is -3.30. The zero-order valence-corrected chi connectivity index (χ0v) is 28.1. The number of carbonyl (C=O) groups is 2. The van der Waals surface area contributed by atoms with E-state index in [1.54, 1.807) is 31.2 Å². The lowest BCUT2D eigenvalue weighted by atomic mass is 9.95. The first-order valence-corrected chi connectivity index (χ1v) is 17.0. The third-order valence-electron chi connectivity index (χ3n) is 8.01. The van der Waals surface area contributed by atoms with Crippen molar-refractivity contribution >= 4 is 56.4 Å². The van der Waals surface area contributed by atoms with Gasteiger partial charge in [-0.25, -0.2) is 8.42 Å². The smallest absolute Gasteiger partial charge is 0.273 e. The number of halogens is 2. The average molecular weight is 692 g/mol. The number of ether oxygens (including phenoxy) is 1. The molecule has 3 aromatic rings. The number of sulfonamides is 1. The molecule has 0 saturated heterocycles. The van der Waals surface area contributed by atoms with Crippen molar-refractivity contribution in [2.24, 2.45) is 0 Å². The zero-order chi connectivity index (χ0) is 33.6. The minimum Gasteiger partial charge on any atom is -0.495 e. The largest absolute Gasteiger partial charge is 0.495 e. The van der Waals surface area contributed by atoms with Crippen LogP contribution in [0.1, 0.15) is 50.2 Å². The summed E-state index contributed by atoms with van der Waals surface area (Å²) in [5, 5.41) is 15.3. The molecule has 1 unspecified atom stereocenters. The number of nitro benzene ring substituents is 1. The fraction of sp³-hybridized carbons (Fsp3) is 0.375. The van der Waals surface area contributed by atoms with E-state index in [1.165, 1.54) is 49.3 Å². The quantitative estimate of drug-likeness (QED) is 0.174. The second-order valence-electron chi connectivity index (χ2n) is 11.2. The zero-order valence-electron chi connectivity index (χ0n) is 25.7. The number of nitrogens with zero attached hydrogens (tertiary/aromatic N) is 3. The first kappa shape index (κ1) is 35.0. The Morgan fingerprint density at radius 2 is 1.74 bits per heavy atom. The van der Waals surface area contributed by atoms with E-state index in [4.69, 9.17) is 27.9 Å². The van der Waals surface area contributed by atoms with Gasteiger partial charge in [0.15, 0.2) is 0 Å². The van der Waals surface area contributed by atoms with Crippen LogP contribution in [0.2, 0.25) is 10.0 Å². The van der Waals surface area contributed by atoms with Crippen LogP contribution >= 0.6 is 23.2 Å². The Kier molecular flexibility index (Phi) is 11.5. The highest BCUT2D eigenvalue weighted by atomic mass is 35.5. The van der Waals surface area contributed by atoms with Crippen LogP contribution in [-0.2, 0) is 26.2 Å². The van der Waals surface area contributed by atoms with Gasteiger partial charge in [-0.3, -0.25) is 24.0 Å². The third-order valence-corrected chi connectivity index (χ3v) is 10.2. The summed E-state index contributed by atoms with van der Waals surface area (Å²) in [4.78, 5) is 39.7. The Morgan fingerprint density at radius 3 is 2.39 bits per heavy atom. The molecular weight excluding hydrogens is 655 g/mol. The van der Waals surface area contributed by atoms with Crippen molar-refractivity contribution in [2.45, 2.75) is 69.5 Å². The van der Waals surface area contributed by atoms with Gasteiger partial charge in [-0.15, -0.1) is 0 Å². The monoisotopic (exact) mass is 690 g/mol. The third kappa shape index (κ3) is 8.28. The maximum absolute atomic E-state index is 14.3. The van der Waals surface area contributed by atoms with Crippen LogP contribution < -0.4 is 14.4 Å². The van der Waals surface area contributed by atoms with Crippen LogP contribution in [0.4, 0.5) is 11.4 Å². The van der Waals surface area contributed by atoms with E-state index in [1.807, 2.05) is 0 Å². The summed E-state index contributed by atoms with van der Waals surface area (Å²) >= 11 is 12.5. The standard InChI is InChI=1S/C32H36Cl2N4O7S/c1-21-12-14-27(18-28(21)38(41)42)46(43,44)37(29-17-25(34)13-15-30(29)45-3)20-31(39)36(19-23-8-7-9-24(33)16-23)22(2)32(40)35-26-10-5-4-6-11-26/h7-9,12-18,22,26H,4-6,10-11,19-20H2,1-3H3,(H,35,40). The van der Waals surface area contributed by atoms with Crippen molar-refractivity contribution in [2.75, 3.05) is 18.0 Å². The van der Waals surface area contributed by atoms with E-state index >= 15 is 0 Å². The summed E-state index contributed by atoms with van der Waals surface area (Å²) in [5.41, 5.74) is 0.425. The van der Waals surface area contributed by atoms with Gasteiger partial charge in [-0.1, -0.05) is 60.7 Å². The lowest BCUT2D eigenvalue weighted by Gasteiger charge is -2.33. The van der Waals surface area contributed by atoms with Gasteiger partial charge in [0.25, 0.3) is 15.7 Å². The fourth-order valence-electron chi connectivity index (χ4n) is 5.43. The first-order chi connectivity index (χ1) is 21.8. The van der Waals surface area contributed by atoms with Crippen molar-refractivity contribution in [1.29, 1.82) is 0 Å². The topological polar surface area (TPSA) is 139 Å². The van der Waals surface area contributed by atoms with E-state index in [0.717, 1.165) is 42.5 Å². The molecule has 1 atom stereocenters. The molecule has 246 valence electrons. The number of hydrogen-bond acceptors (Lipinski definition) is 7. The second kappa shape index (κ2) is 15.1. The molecule has 1 saturated carbocycles. The highest BCUT2D eigenvalue weighted by Gasteiger charge is 2.35. The number of methoxy groups -OCH3 is 1. The minimum absolute atomic E-state index is 0.0169. The molecule has 1 fully saturated rings. The fourth-order valence-corrected chi connectivity index (χ4v) is 7.24. The summed E-state index contributed by atoms with van der Waals surface area (Å²) in [6.45, 7) is 2.25. The molecular formula is C32H36Cl2N4O7S. The van der Waals surface area contributed by atoms with E-state index in [-0.39, 0.29) is 40.5 Å². The molecule has 46 heavy (non-hydrogen) atoms. The normalized spacial score (nSPS) is 14.3. The van der Waals surface area contributed by atoms with E-state index < -0.39 is 44.0 Å². The number of amides is 2. The van der Waals surface area contributed by atoms with Gasteiger partial charge in [0, 0.05) is 34.3 Å². The number of carbonyl (C=O) groups excluding carboxylic acids is 2. The second-order valence-corrected chi connectivity index (χ2v) is 13.9. The predicted octanol–water partition coefficient (Wildman–Crippen LogP) is 6.28. The maximum atomic E-state index is 14.3. The summed E-state index contributed by atoms with van der Waals surface area (Å²) in [5.74, 6) is -0.989. The molecule has 0 bridgehead atoms. The number of rotatable bonds is 12. The molecule has 1 aliphatic rings. The molecule has 3 aromatic carbocycles. The van der Waals surface area contributed by atoms with Crippen molar-refractivity contribution in [1.82, 2.24) is 10.2 Å². The molecule has 1 N–H and O–H groups in total. The van der Waals surface area contributed by atoms with Gasteiger partial charge in [0.05, 0.1) is 22.6 Å². The van der Waals surface area contributed by atoms with E-state index in [2.05, 4.69) is 5.32 Å². The Balaban J connectivity index is 1.78. The highest BCUT2D eigenvalue weighted by molar-refractivity contribution is 7.92. The van der Waals surface area contributed by atoms with Gasteiger partial charge in [-0.05, 0) is 68.7 Å². The molecule has 0 heterocycles. The van der Waals surface area contributed by atoms with E-state index in [0.29, 0.717) is 10.6 Å². The van der Waals surface area contributed by atoms with Crippen molar-refractivity contribution in [3.05, 3.63) is 92.0 Å². The highest BCUT2D eigenvalue weighted by Crippen LogP contribution is 2.36. The maximum Gasteiger partial charge on any atom is 0.273 e. The van der Waals surface area contributed by atoms with Gasteiger partial charge in [-0.2, -0.15) is 0 Å². The van der Waals surface area contributed by atoms with Crippen LogP contribution in [0, 0.1) is 17.0 Å². The van der Waals surface area contributed by atoms with Crippen LogP contribution in [0.25, 0.3) is 0 Å². The Labute approximate surface area is 278 Å². The molecule has 4 rings (SSSR count). The minimum atomic E-state index is -4.63. The SMILES string of the molecule is COc1ccc(Cl)cc1N(CC(=O)N(Cc1cccc(Cl)c1)C(C)C(=O)NC1CCCCC1)S(=O)(=O)c1ccc(C)c([N+](=O)[O-])c1. The van der Waals surface area contributed by atoms with Gasteiger partial charge < -0.3 is 15.0 Å². The summed E-state index contributed by atoms with van der Waals surface area (Å²) < 4.78 is 34.8. The number of anilines is 1. The number of nitro groups is 1. The number of nitrogens with one attached hydrogen (secondary N) is 1. The Hall–Kier alpha value is -3.87. The van der Waals surface area contributed by atoms with Crippen molar-refractivity contribution in [3.63, 3.8) is 0 Å². The van der Waals surface area contributed by atoms with Crippen LogP contribution in [0.3, 0.4) is 0 Å². The summed E-state index contributed by atoms with van der Waals surface area (Å²) in [6.07, 6.45) is 4.77. The van der Waals surface area contributed by atoms with Gasteiger partial charge in [0.1, 0.15) is 18.3 Å². The average Bonchev–Trinajstić information content (AvgIpc) is 3.02. The molecule has 0 aromatic heterocycles. The lowest BCUT2D eigenvalue weighted by Crippen LogP contribution is -2.53. The van der Waals surface area contributed by atoms with E-state index in [9.17, 15) is 28.1 Å². The molecule has 1 aliphatic carbocycles. The van der Waals surface area contributed by atoms with Crippen molar-refractivity contribution in [3.8, 4) is 5.75 Å². The molecule has 2 amide bonds. The van der Waals surface area contributed by atoms with Crippen LogP contribution in [0.5, 0.6) is 5.75 Å². The number of benzene rings is 3. The number of aryl methyl sites for hydroxylation is 1. The van der Waals surface area contributed by atoms with Gasteiger partial charge >= 0.3 is 0 Å². The van der Waals surface area contributed by atoms with Gasteiger partial charge in [0.2, 0.25) is 11.8 Å². The summed E-state index contributed by atoms with van der Waals surface area (Å²) in [6, 6.07) is 13.6. The molecule has 0 aliphatic heterocycles. The lowest BCUT2D eigenvalue weighted by molar-refractivity contribution is -0.385. The molecule has 0 spiro atoms. The number of hydrogen-bond donors (Lipinski definition) is 1. The molecule has 0 radical (unpaired) electrons. The predicted molar refractivity (Wildman–Crippen MR) is 177 cm³/mol. The van der Waals surface area contributed by atoms with Crippen molar-refractivity contribution < 1.29 is 27.7 Å². The first-order valence-electron chi connectivity index (χ1n) is 14.8. The van der Waals surface area contributed by atoms with Crippen LogP contribution in [-0.4, -0.2) is 55.8 Å². The molecule has 11 nitrogen and oxygen atoms in total. The molecule has 14 heteroatoms. The Morgan fingerprint density at radius 1 is 1.04 bits per heavy atom. The van der Waals surface area contributed by atoms with Crippen LogP contribution in [0.15, 0.2) is 65.6 Å². The Bertz CT molecular complexity index is 1710.